The highest BCUT2D eigenvalue weighted by Crippen LogP contribution is 2.26. The van der Waals surface area contributed by atoms with E-state index in [1.54, 1.807) is 12.5 Å². The SMILES string of the molecule is CN(Cc1cc2cnccc2[nH]1)C(c1ccccc1)c1ncn[nH]1. The molecule has 1 unspecified atom stereocenters. The molecule has 0 aliphatic rings. The van der Waals surface area contributed by atoms with Crippen molar-refractivity contribution in [2.45, 2.75) is 12.6 Å². The van der Waals surface area contributed by atoms with E-state index in [0.717, 1.165) is 29.0 Å². The van der Waals surface area contributed by atoms with Crippen molar-refractivity contribution in [3.63, 3.8) is 0 Å². The molecule has 0 aliphatic heterocycles. The van der Waals surface area contributed by atoms with Crippen LogP contribution in [0.3, 0.4) is 0 Å². The third kappa shape index (κ3) is 2.79. The molecule has 6 heteroatoms. The highest BCUT2D eigenvalue weighted by atomic mass is 15.2. The van der Waals surface area contributed by atoms with Gasteiger partial charge in [0.2, 0.25) is 0 Å². The molecule has 0 saturated carbocycles. The maximum Gasteiger partial charge on any atom is 0.146 e. The summed E-state index contributed by atoms with van der Waals surface area (Å²) in [5.74, 6) is 0.835. The zero-order valence-electron chi connectivity index (χ0n) is 13.3. The molecule has 4 aromatic rings. The number of nitrogens with one attached hydrogen (secondary N) is 2. The van der Waals surface area contributed by atoms with Gasteiger partial charge in [0.1, 0.15) is 12.2 Å². The van der Waals surface area contributed by atoms with Gasteiger partial charge in [-0.15, -0.1) is 0 Å². The molecule has 24 heavy (non-hydrogen) atoms. The summed E-state index contributed by atoms with van der Waals surface area (Å²) < 4.78 is 0. The Balaban J connectivity index is 1.65. The Morgan fingerprint density at radius 1 is 1.17 bits per heavy atom. The molecule has 1 atom stereocenters. The molecule has 0 fully saturated rings. The number of hydrogen-bond donors (Lipinski definition) is 2. The van der Waals surface area contributed by atoms with E-state index >= 15 is 0 Å². The number of aromatic amines is 2. The Kier molecular flexibility index (Phi) is 3.80. The fourth-order valence-corrected chi connectivity index (χ4v) is 3.08. The van der Waals surface area contributed by atoms with Crippen LogP contribution < -0.4 is 0 Å². The minimum absolute atomic E-state index is 0.0123. The summed E-state index contributed by atoms with van der Waals surface area (Å²) in [4.78, 5) is 14.2. The molecule has 120 valence electrons. The maximum atomic E-state index is 4.37. The average Bonchev–Trinajstić information content (AvgIpc) is 3.25. The molecule has 0 radical (unpaired) electrons. The van der Waals surface area contributed by atoms with Crippen LogP contribution in [0.5, 0.6) is 0 Å². The van der Waals surface area contributed by atoms with Crippen LogP contribution in [-0.2, 0) is 6.54 Å². The molecule has 3 aromatic heterocycles. The number of benzene rings is 1. The third-order valence-corrected chi connectivity index (χ3v) is 4.15. The normalized spacial score (nSPS) is 12.8. The highest BCUT2D eigenvalue weighted by Gasteiger charge is 2.22. The Morgan fingerprint density at radius 2 is 2.04 bits per heavy atom. The lowest BCUT2D eigenvalue weighted by Gasteiger charge is -2.26. The standard InChI is InChI=1S/C18H18N6/c1-24(11-15-9-14-10-19-8-7-16(14)22-15)17(18-20-12-21-23-18)13-5-3-2-4-6-13/h2-10,12,17,22H,11H2,1H3,(H,20,21,23). The van der Waals surface area contributed by atoms with Crippen molar-refractivity contribution in [1.82, 2.24) is 30.0 Å². The van der Waals surface area contributed by atoms with Crippen molar-refractivity contribution in [2.75, 3.05) is 7.05 Å². The third-order valence-electron chi connectivity index (χ3n) is 4.15. The summed E-state index contributed by atoms with van der Waals surface area (Å²) in [6.45, 7) is 0.759. The first-order valence-corrected chi connectivity index (χ1v) is 7.83. The number of hydrogen-bond acceptors (Lipinski definition) is 4. The van der Waals surface area contributed by atoms with Gasteiger partial charge in [-0.25, -0.2) is 4.98 Å². The van der Waals surface area contributed by atoms with Gasteiger partial charge >= 0.3 is 0 Å². The quantitative estimate of drug-likeness (QED) is 0.593. The van der Waals surface area contributed by atoms with Gasteiger partial charge in [-0.3, -0.25) is 15.0 Å². The van der Waals surface area contributed by atoms with Gasteiger partial charge in [-0.2, -0.15) is 5.10 Å². The van der Waals surface area contributed by atoms with Crippen LogP contribution in [-0.4, -0.2) is 37.1 Å². The maximum absolute atomic E-state index is 4.37. The number of pyridine rings is 1. The van der Waals surface area contributed by atoms with E-state index in [1.807, 2.05) is 30.5 Å². The van der Waals surface area contributed by atoms with Crippen molar-refractivity contribution >= 4 is 10.9 Å². The van der Waals surface area contributed by atoms with Crippen LogP contribution in [0.2, 0.25) is 0 Å². The van der Waals surface area contributed by atoms with E-state index in [2.05, 4.69) is 55.3 Å². The van der Waals surface area contributed by atoms with E-state index < -0.39 is 0 Å². The molecule has 2 N–H and O–H groups in total. The van der Waals surface area contributed by atoms with Gasteiger partial charge in [-0.1, -0.05) is 30.3 Å². The predicted molar refractivity (Wildman–Crippen MR) is 92.2 cm³/mol. The predicted octanol–water partition coefficient (Wildman–Crippen LogP) is 2.90. The van der Waals surface area contributed by atoms with Gasteiger partial charge in [0, 0.05) is 35.5 Å². The first-order chi connectivity index (χ1) is 11.8. The summed E-state index contributed by atoms with van der Waals surface area (Å²) in [6.07, 6.45) is 5.22. The second-order valence-corrected chi connectivity index (χ2v) is 5.86. The first kappa shape index (κ1) is 14.6. The molecule has 0 bridgehead atoms. The number of rotatable bonds is 5. The van der Waals surface area contributed by atoms with Crippen LogP contribution in [0.1, 0.15) is 23.1 Å². The van der Waals surface area contributed by atoms with Crippen LogP contribution >= 0.6 is 0 Å². The number of aromatic nitrogens is 5. The average molecular weight is 318 g/mol. The summed E-state index contributed by atoms with van der Waals surface area (Å²) >= 11 is 0. The zero-order chi connectivity index (χ0) is 16.4. The Hall–Kier alpha value is -2.99. The molecule has 3 heterocycles. The van der Waals surface area contributed by atoms with Gasteiger partial charge in [0.05, 0.1) is 6.04 Å². The zero-order valence-corrected chi connectivity index (χ0v) is 13.3. The molecular weight excluding hydrogens is 300 g/mol. The van der Waals surface area contributed by atoms with Gasteiger partial charge < -0.3 is 4.98 Å². The Labute approximate surface area is 139 Å². The van der Waals surface area contributed by atoms with Crippen molar-refractivity contribution in [3.8, 4) is 0 Å². The van der Waals surface area contributed by atoms with E-state index in [9.17, 15) is 0 Å². The molecule has 0 amide bonds. The fraction of sp³-hybridized carbons (Fsp3) is 0.167. The van der Waals surface area contributed by atoms with Gasteiger partial charge in [0.25, 0.3) is 0 Å². The van der Waals surface area contributed by atoms with Crippen molar-refractivity contribution in [1.29, 1.82) is 0 Å². The summed E-state index contributed by atoms with van der Waals surface area (Å²) in [5, 5.41) is 8.14. The summed E-state index contributed by atoms with van der Waals surface area (Å²) in [5.41, 5.74) is 3.42. The lowest BCUT2D eigenvalue weighted by molar-refractivity contribution is 0.259. The van der Waals surface area contributed by atoms with E-state index in [0.29, 0.717) is 0 Å². The van der Waals surface area contributed by atoms with Crippen LogP contribution in [0, 0.1) is 0 Å². The van der Waals surface area contributed by atoms with Gasteiger partial charge in [-0.05, 0) is 24.7 Å². The van der Waals surface area contributed by atoms with E-state index in [-0.39, 0.29) is 6.04 Å². The number of nitrogens with zero attached hydrogens (tertiary/aromatic N) is 4. The monoisotopic (exact) mass is 318 g/mol. The molecule has 0 spiro atoms. The summed E-state index contributed by atoms with van der Waals surface area (Å²) in [7, 11) is 2.09. The fourth-order valence-electron chi connectivity index (χ4n) is 3.08. The Bertz CT molecular complexity index is 880. The molecule has 4 rings (SSSR count). The van der Waals surface area contributed by atoms with E-state index in [1.165, 1.54) is 5.56 Å². The molecule has 1 aromatic carbocycles. The van der Waals surface area contributed by atoms with Crippen LogP contribution in [0.25, 0.3) is 10.9 Å². The molecule has 0 saturated heterocycles. The number of fused-ring (bicyclic) bond motifs is 1. The topological polar surface area (TPSA) is 73.5 Å². The van der Waals surface area contributed by atoms with Crippen molar-refractivity contribution in [3.05, 3.63) is 78.3 Å². The largest absolute Gasteiger partial charge is 0.357 e. The second-order valence-electron chi connectivity index (χ2n) is 5.86. The van der Waals surface area contributed by atoms with Gasteiger partial charge in [0.15, 0.2) is 0 Å². The lowest BCUT2D eigenvalue weighted by atomic mass is 10.0. The van der Waals surface area contributed by atoms with Crippen LogP contribution in [0.4, 0.5) is 0 Å². The lowest BCUT2D eigenvalue weighted by Crippen LogP contribution is -2.26. The minimum Gasteiger partial charge on any atom is -0.357 e. The smallest absolute Gasteiger partial charge is 0.146 e. The summed E-state index contributed by atoms with van der Waals surface area (Å²) in [6, 6.07) is 14.5. The van der Waals surface area contributed by atoms with Crippen molar-refractivity contribution < 1.29 is 0 Å². The highest BCUT2D eigenvalue weighted by molar-refractivity contribution is 5.79. The molecule has 0 aliphatic carbocycles. The first-order valence-electron chi connectivity index (χ1n) is 7.83. The Morgan fingerprint density at radius 3 is 2.79 bits per heavy atom. The number of H-pyrrole nitrogens is 2. The van der Waals surface area contributed by atoms with E-state index in [4.69, 9.17) is 0 Å². The molecule has 6 nitrogen and oxygen atoms in total. The minimum atomic E-state index is 0.0123. The molecular formula is C18H18N6. The van der Waals surface area contributed by atoms with Crippen molar-refractivity contribution in [2.24, 2.45) is 0 Å². The second kappa shape index (κ2) is 6.25. The van der Waals surface area contributed by atoms with Crippen LogP contribution in [0.15, 0.2) is 61.2 Å².